The molecule has 0 N–H and O–H groups in total. The zero-order chi connectivity index (χ0) is 13.5. The maximum atomic E-state index is 11.8. The third kappa shape index (κ3) is 4.23. The summed E-state index contributed by atoms with van der Waals surface area (Å²) in [7, 11) is -3.20. The quantitative estimate of drug-likeness (QED) is 0.762. The van der Waals surface area contributed by atoms with Gasteiger partial charge in [0.1, 0.15) is 0 Å². The lowest BCUT2D eigenvalue weighted by Gasteiger charge is -2.36. The van der Waals surface area contributed by atoms with Crippen LogP contribution in [0.2, 0.25) is 0 Å². The fraction of sp³-hybridized carbons (Fsp3) is 1.00. The van der Waals surface area contributed by atoms with Gasteiger partial charge in [-0.15, -0.1) is 0 Å². The monoisotopic (exact) mass is 263 g/mol. The van der Waals surface area contributed by atoms with Gasteiger partial charge in [-0.1, -0.05) is 0 Å². The minimum atomic E-state index is -3.20. The molecule has 0 aromatic heterocycles. The van der Waals surface area contributed by atoms with Crippen LogP contribution in [0.1, 0.15) is 47.5 Å². The van der Waals surface area contributed by atoms with Gasteiger partial charge in [0, 0.05) is 12.1 Å². The summed E-state index contributed by atoms with van der Waals surface area (Å²) in [5.74, 6) is 0. The molecule has 0 radical (unpaired) electrons. The third-order valence-electron chi connectivity index (χ3n) is 2.87. The molecule has 1 aliphatic rings. The third-order valence-corrected chi connectivity index (χ3v) is 4.35. The molecule has 0 saturated heterocycles. The highest BCUT2D eigenvalue weighted by molar-refractivity contribution is 7.88. The van der Waals surface area contributed by atoms with Crippen LogP contribution in [-0.2, 0) is 14.8 Å². The Labute approximate surface area is 105 Å². The van der Waals surface area contributed by atoms with Crippen LogP contribution in [0.15, 0.2) is 0 Å². The maximum absolute atomic E-state index is 11.8. The molecule has 0 unspecified atom stereocenters. The first-order valence-corrected chi connectivity index (χ1v) is 7.97. The second-order valence-electron chi connectivity index (χ2n) is 6.29. The summed E-state index contributed by atoms with van der Waals surface area (Å²) in [5.41, 5.74) is -0.645. The minimum absolute atomic E-state index is 0.138. The number of hydrogen-bond acceptors (Lipinski definition) is 3. The van der Waals surface area contributed by atoms with Crippen molar-refractivity contribution in [2.75, 3.05) is 12.8 Å². The lowest BCUT2D eigenvalue weighted by Crippen LogP contribution is -2.50. The number of nitrogens with zero attached hydrogens (tertiary/aromatic N) is 1. The molecule has 0 spiro atoms. The first-order chi connectivity index (χ1) is 7.46. The number of ether oxygens (including phenoxy) is 1. The van der Waals surface area contributed by atoms with E-state index in [0.717, 1.165) is 12.8 Å². The van der Waals surface area contributed by atoms with Crippen LogP contribution >= 0.6 is 0 Å². The van der Waals surface area contributed by atoms with Gasteiger partial charge in [0.15, 0.2) is 0 Å². The van der Waals surface area contributed by atoms with Gasteiger partial charge in [-0.3, -0.25) is 0 Å². The molecule has 0 aliphatic heterocycles. The van der Waals surface area contributed by atoms with Crippen LogP contribution < -0.4 is 0 Å². The predicted molar refractivity (Wildman–Crippen MR) is 69.5 cm³/mol. The highest BCUT2D eigenvalue weighted by Crippen LogP contribution is 2.42. The molecule has 0 heterocycles. The van der Waals surface area contributed by atoms with Crippen molar-refractivity contribution < 1.29 is 13.2 Å². The molecule has 0 aromatic carbocycles. The van der Waals surface area contributed by atoms with Crippen LogP contribution in [0.4, 0.5) is 0 Å². The van der Waals surface area contributed by atoms with E-state index in [9.17, 15) is 8.42 Å². The fourth-order valence-electron chi connectivity index (χ4n) is 2.07. The molecule has 17 heavy (non-hydrogen) atoms. The topological polar surface area (TPSA) is 46.6 Å². The van der Waals surface area contributed by atoms with Crippen LogP contribution in [0, 0.1) is 0 Å². The van der Waals surface area contributed by atoms with E-state index in [4.69, 9.17) is 4.74 Å². The van der Waals surface area contributed by atoms with Crippen LogP contribution in [-0.4, -0.2) is 42.8 Å². The minimum Gasteiger partial charge on any atom is -0.371 e. The first kappa shape index (κ1) is 14.9. The summed E-state index contributed by atoms with van der Waals surface area (Å²) >= 11 is 0. The number of hydrogen-bond donors (Lipinski definition) is 0. The van der Waals surface area contributed by atoms with E-state index in [1.165, 1.54) is 6.26 Å². The molecule has 5 heteroatoms. The highest BCUT2D eigenvalue weighted by atomic mass is 32.2. The van der Waals surface area contributed by atoms with Gasteiger partial charge in [-0.2, -0.15) is 4.31 Å². The molecular formula is C12H25NO3S. The summed E-state index contributed by atoms with van der Waals surface area (Å²) in [6.07, 6.45) is 3.31. The predicted octanol–water partition coefficient (Wildman–Crippen LogP) is 2.00. The van der Waals surface area contributed by atoms with Crippen molar-refractivity contribution in [3.05, 3.63) is 0 Å². The van der Waals surface area contributed by atoms with E-state index in [-0.39, 0.29) is 11.7 Å². The van der Waals surface area contributed by atoms with Crippen LogP contribution in [0.25, 0.3) is 0 Å². The number of sulfonamides is 1. The lowest BCUT2D eigenvalue weighted by molar-refractivity contribution is -0.0278. The Morgan fingerprint density at radius 3 is 2.00 bits per heavy atom. The van der Waals surface area contributed by atoms with E-state index in [1.54, 1.807) is 4.31 Å². The van der Waals surface area contributed by atoms with Crippen molar-refractivity contribution in [3.63, 3.8) is 0 Å². The van der Waals surface area contributed by atoms with Crippen molar-refractivity contribution in [2.24, 2.45) is 0 Å². The summed E-state index contributed by atoms with van der Waals surface area (Å²) in [5, 5.41) is 0. The van der Waals surface area contributed by atoms with Gasteiger partial charge in [0.2, 0.25) is 10.0 Å². The molecule has 1 rings (SSSR count). The van der Waals surface area contributed by atoms with E-state index >= 15 is 0 Å². The van der Waals surface area contributed by atoms with Gasteiger partial charge in [0.05, 0.1) is 18.0 Å². The van der Waals surface area contributed by atoms with Crippen LogP contribution in [0.3, 0.4) is 0 Å². The molecule has 0 amide bonds. The standard InChI is InChI=1S/C12H25NO3S/c1-10(2)16-12(7-8-12)9-13(11(3,4)5)17(6,14)15/h10H,7-9H2,1-6H3. The van der Waals surface area contributed by atoms with Crippen LogP contribution in [0.5, 0.6) is 0 Å². The Morgan fingerprint density at radius 1 is 1.29 bits per heavy atom. The van der Waals surface area contributed by atoms with Gasteiger partial charge >= 0.3 is 0 Å². The molecular weight excluding hydrogens is 238 g/mol. The summed E-state index contributed by atoms with van der Waals surface area (Å²) in [4.78, 5) is 0. The van der Waals surface area contributed by atoms with E-state index < -0.39 is 15.6 Å². The highest BCUT2D eigenvalue weighted by Gasteiger charge is 2.49. The summed E-state index contributed by atoms with van der Waals surface area (Å²) in [6, 6.07) is 0. The second-order valence-corrected chi connectivity index (χ2v) is 8.20. The number of rotatable bonds is 5. The molecule has 102 valence electrons. The summed E-state index contributed by atoms with van der Waals surface area (Å²) < 4.78 is 31.1. The largest absolute Gasteiger partial charge is 0.371 e. The van der Waals surface area contributed by atoms with E-state index in [2.05, 4.69) is 0 Å². The first-order valence-electron chi connectivity index (χ1n) is 6.12. The normalized spacial score (nSPS) is 20.0. The molecule has 0 atom stereocenters. The second kappa shape index (κ2) is 4.52. The fourth-order valence-corrected chi connectivity index (χ4v) is 3.53. The SMILES string of the molecule is CC(C)OC1(CN(C(C)(C)C)S(C)(=O)=O)CC1. The molecule has 0 bridgehead atoms. The van der Waals surface area contributed by atoms with Crippen molar-refractivity contribution in [1.29, 1.82) is 0 Å². The Bertz CT molecular complexity index is 364. The van der Waals surface area contributed by atoms with Crippen molar-refractivity contribution in [2.45, 2.75) is 64.7 Å². The zero-order valence-electron chi connectivity index (χ0n) is 11.8. The Hall–Kier alpha value is -0.130. The van der Waals surface area contributed by atoms with Gasteiger partial charge in [0.25, 0.3) is 0 Å². The summed E-state index contributed by atoms with van der Waals surface area (Å²) in [6.45, 7) is 10.2. The van der Waals surface area contributed by atoms with E-state index in [0.29, 0.717) is 6.54 Å². The van der Waals surface area contributed by atoms with Gasteiger partial charge in [-0.25, -0.2) is 8.42 Å². The Morgan fingerprint density at radius 2 is 1.76 bits per heavy atom. The molecule has 0 aromatic rings. The van der Waals surface area contributed by atoms with Gasteiger partial charge < -0.3 is 4.74 Å². The smallest absolute Gasteiger partial charge is 0.211 e. The molecule has 1 aliphatic carbocycles. The lowest BCUT2D eigenvalue weighted by atomic mass is 10.1. The Kier molecular flexibility index (Phi) is 3.97. The average molecular weight is 263 g/mol. The average Bonchev–Trinajstić information content (AvgIpc) is 2.76. The molecule has 4 nitrogen and oxygen atoms in total. The van der Waals surface area contributed by atoms with Crippen molar-refractivity contribution in [3.8, 4) is 0 Å². The molecule has 1 saturated carbocycles. The molecule has 1 fully saturated rings. The van der Waals surface area contributed by atoms with Crippen molar-refractivity contribution in [1.82, 2.24) is 4.31 Å². The van der Waals surface area contributed by atoms with Gasteiger partial charge in [-0.05, 0) is 47.5 Å². The van der Waals surface area contributed by atoms with Crippen molar-refractivity contribution >= 4 is 10.0 Å². The zero-order valence-corrected chi connectivity index (χ0v) is 12.6. The maximum Gasteiger partial charge on any atom is 0.211 e. The Balaban J connectivity index is 2.82. The van der Waals surface area contributed by atoms with E-state index in [1.807, 2.05) is 34.6 Å².